The van der Waals surface area contributed by atoms with E-state index in [0.717, 1.165) is 0 Å². The van der Waals surface area contributed by atoms with Crippen LogP contribution in [0.25, 0.3) is 0 Å². The second-order valence-electron chi connectivity index (χ2n) is 5.07. The molecule has 3 aromatic rings. The normalized spacial score (nSPS) is 11.2. The van der Waals surface area contributed by atoms with Gasteiger partial charge in [0.1, 0.15) is 0 Å². The number of ether oxygens (including phenoxy) is 1. The maximum Gasteiger partial charge on any atom is 0.174 e. The lowest BCUT2D eigenvalue weighted by atomic mass is 10.3. The number of halogens is 1. The van der Waals surface area contributed by atoms with Crippen molar-refractivity contribution in [2.75, 3.05) is 7.11 Å². The van der Waals surface area contributed by atoms with Crippen LogP contribution in [0.5, 0.6) is 5.75 Å². The second-order valence-corrected chi connectivity index (χ2v) is 7.81. The third kappa shape index (κ3) is 2.69. The second kappa shape index (κ2) is 6.39. The van der Waals surface area contributed by atoms with Gasteiger partial charge in [-0.1, -0.05) is 66.7 Å². The Morgan fingerprint density at radius 3 is 1.78 bits per heavy atom. The zero-order chi connectivity index (χ0) is 16.3. The summed E-state index contributed by atoms with van der Waals surface area (Å²) in [6.07, 6.45) is 0. The van der Waals surface area contributed by atoms with E-state index < -0.39 is 13.0 Å². The van der Waals surface area contributed by atoms with Gasteiger partial charge in [0, 0.05) is 10.6 Å². The minimum Gasteiger partial charge on any atom is -0.493 e. The summed E-state index contributed by atoms with van der Waals surface area (Å²) in [5.74, 6) is -0.486. The fourth-order valence-corrected chi connectivity index (χ4v) is 5.47. The van der Waals surface area contributed by atoms with Gasteiger partial charge in [-0.2, -0.15) is 0 Å². The van der Waals surface area contributed by atoms with E-state index in [0.29, 0.717) is 15.9 Å². The van der Waals surface area contributed by atoms with Crippen LogP contribution in [-0.2, 0) is 4.57 Å². The van der Waals surface area contributed by atoms with Gasteiger partial charge in [-0.25, -0.2) is 4.39 Å². The number of hydrogen-bond acceptors (Lipinski definition) is 2. The monoisotopic (exact) mass is 326 g/mol. The Morgan fingerprint density at radius 1 is 0.783 bits per heavy atom. The molecule has 0 aliphatic rings. The van der Waals surface area contributed by atoms with E-state index in [9.17, 15) is 8.96 Å². The fraction of sp³-hybridized carbons (Fsp3) is 0.0526. The molecule has 0 radical (unpaired) electrons. The number of methoxy groups -OCH3 is 1. The van der Waals surface area contributed by atoms with Crippen molar-refractivity contribution in [2.45, 2.75) is 0 Å². The first-order valence-electron chi connectivity index (χ1n) is 7.22. The Kier molecular flexibility index (Phi) is 4.31. The van der Waals surface area contributed by atoms with Gasteiger partial charge in [-0.05, 0) is 12.1 Å². The largest absolute Gasteiger partial charge is 0.493 e. The summed E-state index contributed by atoms with van der Waals surface area (Å²) in [5.41, 5.74) is 0. The highest BCUT2D eigenvalue weighted by Gasteiger charge is 2.33. The molecule has 0 aromatic heterocycles. The van der Waals surface area contributed by atoms with Gasteiger partial charge in [0.25, 0.3) is 0 Å². The molecule has 2 nitrogen and oxygen atoms in total. The van der Waals surface area contributed by atoms with E-state index in [2.05, 4.69) is 0 Å². The molecule has 3 rings (SSSR count). The fourth-order valence-electron chi connectivity index (χ4n) is 2.65. The molecule has 23 heavy (non-hydrogen) atoms. The third-order valence-electron chi connectivity index (χ3n) is 3.73. The highest BCUT2D eigenvalue weighted by atomic mass is 31.2. The van der Waals surface area contributed by atoms with Crippen molar-refractivity contribution in [3.05, 3.63) is 84.7 Å². The summed E-state index contributed by atoms with van der Waals surface area (Å²) in [6, 6.07) is 22.8. The smallest absolute Gasteiger partial charge is 0.174 e. The average molecular weight is 326 g/mol. The van der Waals surface area contributed by atoms with Crippen LogP contribution in [0.2, 0.25) is 0 Å². The minimum absolute atomic E-state index is 0.0311. The maximum atomic E-state index is 14.2. The number of benzene rings is 3. The Hall–Kier alpha value is -2.38. The molecule has 0 heterocycles. The molecule has 0 atom stereocenters. The van der Waals surface area contributed by atoms with Crippen LogP contribution in [0.3, 0.4) is 0 Å². The standard InChI is InChI=1S/C19H16FO2P/c1-22-19-17(20)13-8-14-18(19)23(21,15-9-4-2-5-10-15)16-11-6-3-7-12-16/h2-14H,1H3. The molecule has 0 saturated heterocycles. The van der Waals surface area contributed by atoms with Gasteiger partial charge in [0.05, 0.1) is 12.4 Å². The Balaban J connectivity index is 2.35. The highest BCUT2D eigenvalue weighted by molar-refractivity contribution is 7.85. The van der Waals surface area contributed by atoms with Crippen molar-refractivity contribution in [2.24, 2.45) is 0 Å². The highest BCUT2D eigenvalue weighted by Crippen LogP contribution is 2.45. The van der Waals surface area contributed by atoms with Crippen LogP contribution >= 0.6 is 7.14 Å². The first-order valence-corrected chi connectivity index (χ1v) is 8.93. The van der Waals surface area contributed by atoms with Gasteiger partial charge in [-0.15, -0.1) is 0 Å². The van der Waals surface area contributed by atoms with Gasteiger partial charge >= 0.3 is 0 Å². The Labute approximate surface area is 134 Å². The zero-order valence-electron chi connectivity index (χ0n) is 12.6. The number of para-hydroxylation sites is 1. The van der Waals surface area contributed by atoms with Crippen LogP contribution in [0.4, 0.5) is 4.39 Å². The molecule has 0 amide bonds. The predicted molar refractivity (Wildman–Crippen MR) is 92.3 cm³/mol. The van der Waals surface area contributed by atoms with E-state index in [1.54, 1.807) is 36.4 Å². The lowest BCUT2D eigenvalue weighted by molar-refractivity contribution is 0.390. The molecule has 0 spiro atoms. The molecular formula is C19H16FO2P. The molecular weight excluding hydrogens is 310 g/mol. The lowest BCUT2D eigenvalue weighted by Gasteiger charge is -2.22. The lowest BCUT2D eigenvalue weighted by Crippen LogP contribution is -2.26. The molecule has 0 aliphatic heterocycles. The molecule has 116 valence electrons. The Morgan fingerprint density at radius 2 is 1.30 bits per heavy atom. The Bertz CT molecular complexity index is 804. The molecule has 0 fully saturated rings. The number of hydrogen-bond donors (Lipinski definition) is 0. The SMILES string of the molecule is COc1c(F)cccc1P(=O)(c1ccccc1)c1ccccc1. The topological polar surface area (TPSA) is 26.3 Å². The summed E-state index contributed by atoms with van der Waals surface area (Å²) in [4.78, 5) is 0. The van der Waals surface area contributed by atoms with Crippen molar-refractivity contribution in [3.63, 3.8) is 0 Å². The van der Waals surface area contributed by atoms with Crippen molar-refractivity contribution in [1.82, 2.24) is 0 Å². The summed E-state index contributed by atoms with van der Waals surface area (Å²) in [6.45, 7) is 0. The first-order chi connectivity index (χ1) is 11.2. The number of rotatable bonds is 4. The zero-order valence-corrected chi connectivity index (χ0v) is 13.5. The van der Waals surface area contributed by atoms with Crippen LogP contribution in [0.1, 0.15) is 0 Å². The first kappa shape index (κ1) is 15.5. The predicted octanol–water partition coefficient (Wildman–Crippen LogP) is 3.47. The molecule has 0 unspecified atom stereocenters. The van der Waals surface area contributed by atoms with E-state index in [1.165, 1.54) is 13.2 Å². The van der Waals surface area contributed by atoms with Crippen molar-refractivity contribution >= 4 is 23.1 Å². The molecule has 0 aliphatic carbocycles. The average Bonchev–Trinajstić information content (AvgIpc) is 2.62. The molecule has 3 aromatic carbocycles. The van der Waals surface area contributed by atoms with Crippen LogP contribution in [-0.4, -0.2) is 7.11 Å². The molecule has 0 saturated carbocycles. The van der Waals surface area contributed by atoms with Crippen molar-refractivity contribution in [1.29, 1.82) is 0 Å². The van der Waals surface area contributed by atoms with Crippen LogP contribution < -0.4 is 20.7 Å². The van der Waals surface area contributed by atoms with E-state index in [-0.39, 0.29) is 5.75 Å². The quantitative estimate of drug-likeness (QED) is 0.686. The molecule has 0 N–H and O–H groups in total. The van der Waals surface area contributed by atoms with Crippen molar-refractivity contribution < 1.29 is 13.7 Å². The van der Waals surface area contributed by atoms with Gasteiger partial charge < -0.3 is 9.30 Å². The summed E-state index contributed by atoms with van der Waals surface area (Å²) in [7, 11) is -1.83. The van der Waals surface area contributed by atoms with Crippen LogP contribution in [0.15, 0.2) is 78.9 Å². The van der Waals surface area contributed by atoms with Crippen molar-refractivity contribution in [3.8, 4) is 5.75 Å². The van der Waals surface area contributed by atoms with Gasteiger partial charge in [0.2, 0.25) is 0 Å². The summed E-state index contributed by atoms with van der Waals surface area (Å²) >= 11 is 0. The minimum atomic E-state index is -3.22. The van der Waals surface area contributed by atoms with E-state index >= 15 is 0 Å². The van der Waals surface area contributed by atoms with Gasteiger partial charge in [0.15, 0.2) is 18.7 Å². The third-order valence-corrected chi connectivity index (χ3v) is 6.81. The summed E-state index contributed by atoms with van der Waals surface area (Å²) < 4.78 is 33.5. The van der Waals surface area contributed by atoms with Gasteiger partial charge in [-0.3, -0.25) is 0 Å². The summed E-state index contributed by atoms with van der Waals surface area (Å²) in [5, 5.41) is 1.67. The van der Waals surface area contributed by atoms with E-state index in [1.807, 2.05) is 36.4 Å². The molecule has 0 bridgehead atoms. The maximum absolute atomic E-state index is 14.2. The van der Waals surface area contributed by atoms with Crippen LogP contribution in [0, 0.1) is 5.82 Å². The molecule has 4 heteroatoms. The van der Waals surface area contributed by atoms with E-state index in [4.69, 9.17) is 4.74 Å².